The van der Waals surface area contributed by atoms with E-state index in [9.17, 15) is 8.42 Å². The highest BCUT2D eigenvalue weighted by molar-refractivity contribution is 7.91. The maximum Gasteiger partial charge on any atom is 0.150 e. The van der Waals surface area contributed by atoms with Crippen LogP contribution in [0.4, 0.5) is 5.69 Å². The molecule has 1 N–H and O–H groups in total. The molecule has 1 aromatic rings. The third kappa shape index (κ3) is 3.34. The number of nitrogens with one attached hydrogen (secondary N) is 1. The summed E-state index contributed by atoms with van der Waals surface area (Å²) >= 11 is 0. The number of para-hydroxylation sites is 1. The smallest absolute Gasteiger partial charge is 0.150 e. The van der Waals surface area contributed by atoms with Gasteiger partial charge in [-0.1, -0.05) is 12.1 Å². The van der Waals surface area contributed by atoms with E-state index in [1.54, 1.807) is 0 Å². The molecule has 0 saturated heterocycles. The van der Waals surface area contributed by atoms with Crippen LogP contribution >= 0.6 is 0 Å². The molecule has 21 heavy (non-hydrogen) atoms. The Labute approximate surface area is 126 Å². The van der Waals surface area contributed by atoms with Gasteiger partial charge in [0.25, 0.3) is 0 Å². The topological polar surface area (TPSA) is 55.4 Å². The number of fused-ring (bicyclic) bond motifs is 1. The average molecular weight is 309 g/mol. The Balaban J connectivity index is 1.75. The van der Waals surface area contributed by atoms with Crippen LogP contribution in [0.25, 0.3) is 0 Å². The van der Waals surface area contributed by atoms with Crippen molar-refractivity contribution < 1.29 is 13.2 Å². The zero-order valence-corrected chi connectivity index (χ0v) is 13.3. The van der Waals surface area contributed by atoms with Gasteiger partial charge in [0, 0.05) is 19.2 Å². The maximum atomic E-state index is 11.7. The lowest BCUT2D eigenvalue weighted by atomic mass is 9.97. The molecule has 1 aliphatic heterocycles. The van der Waals surface area contributed by atoms with Gasteiger partial charge in [0.2, 0.25) is 0 Å². The highest BCUT2D eigenvalue weighted by Crippen LogP contribution is 2.35. The van der Waals surface area contributed by atoms with Crippen molar-refractivity contribution in [3.05, 3.63) is 23.8 Å². The zero-order valence-electron chi connectivity index (χ0n) is 12.5. The van der Waals surface area contributed by atoms with Crippen molar-refractivity contribution in [1.82, 2.24) is 0 Å². The summed E-state index contributed by atoms with van der Waals surface area (Å²) in [5, 5.41) is 3.17. The van der Waals surface area contributed by atoms with Gasteiger partial charge in [-0.15, -0.1) is 0 Å². The Morgan fingerprint density at radius 2 is 2.10 bits per heavy atom. The largest absolute Gasteiger partial charge is 0.488 e. The van der Waals surface area contributed by atoms with Crippen LogP contribution in [0.15, 0.2) is 18.2 Å². The first kappa shape index (κ1) is 14.7. The first-order valence-electron chi connectivity index (χ1n) is 7.75. The molecule has 116 valence electrons. The van der Waals surface area contributed by atoms with Gasteiger partial charge in [-0.3, -0.25) is 0 Å². The van der Waals surface area contributed by atoms with E-state index in [1.807, 2.05) is 12.1 Å². The standard InChI is InChI=1S/C16H23NO3S/c1-21(18,19)14-8-3-7-13(11-14)20-15-9-2-5-12-6-4-10-17-16(12)15/h2,5,9,13-14,17H,3-4,6-8,10-11H2,1H3. The molecule has 1 fully saturated rings. The summed E-state index contributed by atoms with van der Waals surface area (Å²) in [6, 6.07) is 6.15. The molecule has 0 spiro atoms. The summed E-state index contributed by atoms with van der Waals surface area (Å²) in [5.41, 5.74) is 2.40. The van der Waals surface area contributed by atoms with Crippen LogP contribution in [0.2, 0.25) is 0 Å². The number of hydrogen-bond donors (Lipinski definition) is 1. The van der Waals surface area contributed by atoms with E-state index >= 15 is 0 Å². The third-order valence-corrected chi connectivity index (χ3v) is 6.15. The Hall–Kier alpha value is -1.23. The van der Waals surface area contributed by atoms with Crippen LogP contribution in [-0.4, -0.2) is 32.6 Å². The molecule has 5 heteroatoms. The summed E-state index contributed by atoms with van der Waals surface area (Å²) in [4.78, 5) is 0. The predicted molar refractivity (Wildman–Crippen MR) is 84.8 cm³/mol. The molecular formula is C16H23NO3S. The number of aryl methyl sites for hydroxylation is 1. The fourth-order valence-electron chi connectivity index (χ4n) is 3.35. The quantitative estimate of drug-likeness (QED) is 0.933. The SMILES string of the molecule is CS(=O)(=O)C1CCCC(Oc2cccc3c2NCCC3)C1. The van der Waals surface area contributed by atoms with Gasteiger partial charge >= 0.3 is 0 Å². The molecule has 0 bridgehead atoms. The number of sulfone groups is 1. The van der Waals surface area contributed by atoms with Gasteiger partial charge in [0.1, 0.15) is 21.7 Å². The van der Waals surface area contributed by atoms with Crippen LogP contribution in [-0.2, 0) is 16.3 Å². The first-order valence-corrected chi connectivity index (χ1v) is 9.71. The second kappa shape index (κ2) is 5.87. The summed E-state index contributed by atoms with van der Waals surface area (Å²) < 4.78 is 29.7. The fourth-order valence-corrected chi connectivity index (χ4v) is 4.51. The van der Waals surface area contributed by atoms with Crippen molar-refractivity contribution in [3.8, 4) is 5.75 Å². The molecule has 4 nitrogen and oxygen atoms in total. The van der Waals surface area contributed by atoms with Crippen molar-refractivity contribution in [2.24, 2.45) is 0 Å². The van der Waals surface area contributed by atoms with E-state index in [1.165, 1.54) is 11.8 Å². The van der Waals surface area contributed by atoms with Crippen LogP contribution < -0.4 is 10.1 Å². The van der Waals surface area contributed by atoms with Crippen LogP contribution in [0.5, 0.6) is 5.75 Å². The van der Waals surface area contributed by atoms with E-state index in [2.05, 4.69) is 11.4 Å². The van der Waals surface area contributed by atoms with E-state index in [0.717, 1.165) is 50.1 Å². The van der Waals surface area contributed by atoms with Gasteiger partial charge in [0.05, 0.1) is 10.9 Å². The Kier molecular flexibility index (Phi) is 4.11. The summed E-state index contributed by atoms with van der Waals surface area (Å²) in [5.74, 6) is 0.881. The fraction of sp³-hybridized carbons (Fsp3) is 0.625. The molecule has 0 amide bonds. The monoisotopic (exact) mass is 309 g/mol. The van der Waals surface area contributed by atoms with Crippen LogP contribution in [0.1, 0.15) is 37.7 Å². The molecule has 2 aliphatic rings. The van der Waals surface area contributed by atoms with Crippen molar-refractivity contribution in [3.63, 3.8) is 0 Å². The lowest BCUT2D eigenvalue weighted by molar-refractivity contribution is 0.157. The van der Waals surface area contributed by atoms with E-state index in [0.29, 0.717) is 6.42 Å². The van der Waals surface area contributed by atoms with Crippen LogP contribution in [0.3, 0.4) is 0 Å². The number of rotatable bonds is 3. The number of benzene rings is 1. The predicted octanol–water partition coefficient (Wildman–Crippen LogP) is 2.78. The van der Waals surface area contributed by atoms with E-state index in [4.69, 9.17) is 4.74 Å². The van der Waals surface area contributed by atoms with Gasteiger partial charge < -0.3 is 10.1 Å². The molecule has 0 aromatic heterocycles. The molecular weight excluding hydrogens is 286 g/mol. The Morgan fingerprint density at radius 3 is 2.90 bits per heavy atom. The minimum Gasteiger partial charge on any atom is -0.488 e. The summed E-state index contributed by atoms with van der Waals surface area (Å²) in [7, 11) is -2.96. The third-order valence-electron chi connectivity index (χ3n) is 4.51. The van der Waals surface area contributed by atoms with Crippen molar-refractivity contribution >= 4 is 15.5 Å². The van der Waals surface area contributed by atoms with E-state index in [-0.39, 0.29) is 11.4 Å². The number of ether oxygens (including phenoxy) is 1. The maximum absolute atomic E-state index is 11.7. The molecule has 2 unspecified atom stereocenters. The first-order chi connectivity index (χ1) is 10.0. The zero-order chi connectivity index (χ0) is 14.9. The number of hydrogen-bond acceptors (Lipinski definition) is 4. The van der Waals surface area contributed by atoms with Gasteiger partial charge in [-0.25, -0.2) is 8.42 Å². The van der Waals surface area contributed by atoms with Crippen molar-refractivity contribution in [1.29, 1.82) is 0 Å². The molecule has 0 radical (unpaired) electrons. The average Bonchev–Trinajstić information content (AvgIpc) is 2.47. The van der Waals surface area contributed by atoms with Crippen LogP contribution in [0, 0.1) is 0 Å². The Bertz CT molecular complexity index is 612. The highest BCUT2D eigenvalue weighted by atomic mass is 32.2. The second-order valence-electron chi connectivity index (χ2n) is 6.18. The molecule has 1 aliphatic carbocycles. The Morgan fingerprint density at radius 1 is 1.24 bits per heavy atom. The van der Waals surface area contributed by atoms with Gasteiger partial charge in [-0.2, -0.15) is 0 Å². The molecule has 1 aromatic carbocycles. The lowest BCUT2D eigenvalue weighted by Crippen LogP contribution is -2.33. The van der Waals surface area contributed by atoms with E-state index < -0.39 is 9.84 Å². The molecule has 1 saturated carbocycles. The highest BCUT2D eigenvalue weighted by Gasteiger charge is 2.30. The molecule has 3 rings (SSSR count). The van der Waals surface area contributed by atoms with Gasteiger partial charge in [-0.05, 0) is 43.7 Å². The minimum absolute atomic E-state index is 0.00806. The van der Waals surface area contributed by atoms with Gasteiger partial charge in [0.15, 0.2) is 0 Å². The summed E-state index contributed by atoms with van der Waals surface area (Å²) in [6.07, 6.45) is 6.82. The molecule has 1 heterocycles. The normalized spacial score (nSPS) is 25.8. The second-order valence-corrected chi connectivity index (χ2v) is 8.50. The minimum atomic E-state index is -2.96. The number of anilines is 1. The lowest BCUT2D eigenvalue weighted by Gasteiger charge is -2.30. The summed E-state index contributed by atoms with van der Waals surface area (Å²) in [6.45, 7) is 0.976. The van der Waals surface area contributed by atoms with Crippen molar-refractivity contribution in [2.45, 2.75) is 49.9 Å². The molecule has 2 atom stereocenters. The van der Waals surface area contributed by atoms with Crippen molar-refractivity contribution in [2.75, 3.05) is 18.1 Å².